The number of nitrogens with zero attached hydrogens (tertiary/aromatic N) is 2. The normalized spacial score (nSPS) is 9.90. The van der Waals surface area contributed by atoms with Crippen molar-refractivity contribution in [1.29, 1.82) is 0 Å². The van der Waals surface area contributed by atoms with E-state index in [1.54, 1.807) is 31.4 Å². The van der Waals surface area contributed by atoms with Gasteiger partial charge in [0.25, 0.3) is 0 Å². The summed E-state index contributed by atoms with van der Waals surface area (Å²) in [5.41, 5.74) is 2.33. The number of aryl methyl sites for hydroxylation is 1. The van der Waals surface area contributed by atoms with Gasteiger partial charge in [-0.05, 0) is 37.3 Å². The van der Waals surface area contributed by atoms with Crippen LogP contribution in [-0.2, 0) is 6.54 Å². The predicted octanol–water partition coefficient (Wildman–Crippen LogP) is 2.12. The lowest BCUT2D eigenvalue weighted by Crippen LogP contribution is -2.28. The number of carbonyl (C=O) groups is 1. The molecule has 6 heteroatoms. The van der Waals surface area contributed by atoms with Gasteiger partial charge in [-0.1, -0.05) is 0 Å². The summed E-state index contributed by atoms with van der Waals surface area (Å²) in [4.78, 5) is 19.8. The molecule has 0 saturated heterocycles. The first-order valence-electron chi connectivity index (χ1n) is 6.14. The summed E-state index contributed by atoms with van der Waals surface area (Å²) in [6.07, 6.45) is 1.48. The van der Waals surface area contributed by atoms with Crippen molar-refractivity contribution in [2.45, 2.75) is 13.5 Å². The highest BCUT2D eigenvalue weighted by atomic mass is 16.5. The molecule has 104 valence electrons. The molecule has 0 saturated carbocycles. The van der Waals surface area contributed by atoms with E-state index in [-0.39, 0.29) is 6.03 Å². The molecule has 0 aliphatic carbocycles. The molecule has 0 fully saturated rings. The fourth-order valence-corrected chi connectivity index (χ4v) is 1.63. The fraction of sp³-hybridized carbons (Fsp3) is 0.214. The molecule has 20 heavy (non-hydrogen) atoms. The van der Waals surface area contributed by atoms with Crippen LogP contribution in [0.1, 0.15) is 11.4 Å². The molecular formula is C14H16N4O2. The third kappa shape index (κ3) is 3.94. The molecule has 6 nitrogen and oxygen atoms in total. The molecule has 0 bridgehead atoms. The minimum absolute atomic E-state index is 0.286. The summed E-state index contributed by atoms with van der Waals surface area (Å²) in [6.45, 7) is 2.23. The zero-order valence-electron chi connectivity index (χ0n) is 11.4. The summed E-state index contributed by atoms with van der Waals surface area (Å²) in [6, 6.07) is 8.65. The maximum atomic E-state index is 11.7. The van der Waals surface area contributed by atoms with E-state index in [1.807, 2.05) is 13.0 Å². The monoisotopic (exact) mass is 272 g/mol. The van der Waals surface area contributed by atoms with Crippen LogP contribution in [0, 0.1) is 6.92 Å². The Bertz CT molecular complexity index is 584. The molecule has 2 amide bonds. The van der Waals surface area contributed by atoms with E-state index in [9.17, 15) is 4.79 Å². The molecule has 0 aliphatic heterocycles. The maximum Gasteiger partial charge on any atom is 0.319 e. The number of ether oxygens (including phenoxy) is 1. The first-order chi connectivity index (χ1) is 9.67. The highest BCUT2D eigenvalue weighted by Crippen LogP contribution is 2.14. The number of anilines is 1. The van der Waals surface area contributed by atoms with Crippen molar-refractivity contribution in [1.82, 2.24) is 15.3 Å². The Balaban J connectivity index is 1.85. The second-order valence-corrected chi connectivity index (χ2v) is 4.19. The number of carbonyl (C=O) groups excluding carboxylic acids is 1. The Kier molecular flexibility index (Phi) is 4.49. The highest BCUT2D eigenvalue weighted by Gasteiger charge is 2.03. The summed E-state index contributed by atoms with van der Waals surface area (Å²) in [5.74, 6) is 0.743. The van der Waals surface area contributed by atoms with Crippen LogP contribution in [0.25, 0.3) is 0 Å². The van der Waals surface area contributed by atoms with Gasteiger partial charge in [-0.25, -0.2) is 14.8 Å². The number of amides is 2. The van der Waals surface area contributed by atoms with Crippen molar-refractivity contribution in [3.8, 4) is 5.75 Å². The average Bonchev–Trinajstić information content (AvgIpc) is 2.46. The lowest BCUT2D eigenvalue weighted by molar-refractivity contribution is 0.251. The number of hydrogen-bond donors (Lipinski definition) is 2. The lowest BCUT2D eigenvalue weighted by atomic mass is 10.3. The molecule has 2 rings (SSSR count). The number of hydrogen-bond acceptors (Lipinski definition) is 4. The second-order valence-electron chi connectivity index (χ2n) is 4.19. The summed E-state index contributed by atoms with van der Waals surface area (Å²) in [5, 5.41) is 5.46. The Labute approximate surface area is 117 Å². The summed E-state index contributed by atoms with van der Waals surface area (Å²) in [7, 11) is 1.60. The van der Waals surface area contributed by atoms with Gasteiger partial charge in [0.05, 0.1) is 19.3 Å². The van der Waals surface area contributed by atoms with Crippen molar-refractivity contribution in [3.63, 3.8) is 0 Å². The molecule has 2 N–H and O–H groups in total. The van der Waals surface area contributed by atoms with Gasteiger partial charge in [-0.3, -0.25) is 0 Å². The topological polar surface area (TPSA) is 76.1 Å². The smallest absolute Gasteiger partial charge is 0.319 e. The maximum absolute atomic E-state index is 11.7. The van der Waals surface area contributed by atoms with Gasteiger partial charge >= 0.3 is 6.03 Å². The molecule has 1 aromatic carbocycles. The predicted molar refractivity (Wildman–Crippen MR) is 75.6 cm³/mol. The van der Waals surface area contributed by atoms with E-state index < -0.39 is 0 Å². The van der Waals surface area contributed by atoms with Crippen molar-refractivity contribution >= 4 is 11.7 Å². The van der Waals surface area contributed by atoms with Gasteiger partial charge < -0.3 is 15.4 Å². The van der Waals surface area contributed by atoms with Crippen LogP contribution >= 0.6 is 0 Å². The zero-order chi connectivity index (χ0) is 14.4. The van der Waals surface area contributed by atoms with E-state index >= 15 is 0 Å². The molecule has 0 aliphatic rings. The van der Waals surface area contributed by atoms with E-state index in [2.05, 4.69) is 20.6 Å². The Morgan fingerprint density at radius 3 is 2.65 bits per heavy atom. The Hall–Kier alpha value is -2.63. The van der Waals surface area contributed by atoms with Crippen LogP contribution in [0.5, 0.6) is 5.75 Å². The van der Waals surface area contributed by atoms with Gasteiger partial charge in [0.15, 0.2) is 0 Å². The largest absolute Gasteiger partial charge is 0.497 e. The zero-order valence-corrected chi connectivity index (χ0v) is 11.4. The molecule has 0 spiro atoms. The van der Waals surface area contributed by atoms with Gasteiger partial charge in [-0.15, -0.1) is 0 Å². The number of rotatable bonds is 4. The van der Waals surface area contributed by atoms with Crippen LogP contribution in [0.2, 0.25) is 0 Å². The molecular weight excluding hydrogens is 256 g/mol. The highest BCUT2D eigenvalue weighted by molar-refractivity contribution is 5.89. The van der Waals surface area contributed by atoms with Crippen molar-refractivity contribution in [3.05, 3.63) is 48.0 Å². The number of methoxy groups -OCH3 is 1. The minimum Gasteiger partial charge on any atom is -0.497 e. The second kappa shape index (κ2) is 6.51. The Morgan fingerprint density at radius 1 is 1.25 bits per heavy atom. The van der Waals surface area contributed by atoms with E-state index in [1.165, 1.54) is 6.33 Å². The average molecular weight is 272 g/mol. The molecule has 2 aromatic rings. The Morgan fingerprint density at radius 2 is 2.00 bits per heavy atom. The van der Waals surface area contributed by atoms with E-state index in [0.29, 0.717) is 12.2 Å². The van der Waals surface area contributed by atoms with Crippen molar-refractivity contribution in [2.24, 2.45) is 0 Å². The molecule has 0 atom stereocenters. The third-order valence-electron chi connectivity index (χ3n) is 2.64. The van der Waals surface area contributed by atoms with Gasteiger partial charge in [0, 0.05) is 11.4 Å². The van der Waals surface area contributed by atoms with Gasteiger partial charge in [-0.2, -0.15) is 0 Å². The number of urea groups is 1. The van der Waals surface area contributed by atoms with Crippen LogP contribution < -0.4 is 15.4 Å². The fourth-order valence-electron chi connectivity index (χ4n) is 1.63. The van der Waals surface area contributed by atoms with Gasteiger partial charge in [0.1, 0.15) is 12.1 Å². The van der Waals surface area contributed by atoms with Crippen molar-refractivity contribution < 1.29 is 9.53 Å². The SMILES string of the molecule is COc1ccc(NC(=O)NCc2cc(C)ncn2)cc1. The summed E-state index contributed by atoms with van der Waals surface area (Å²) >= 11 is 0. The molecule has 0 radical (unpaired) electrons. The first kappa shape index (κ1) is 13.8. The van der Waals surface area contributed by atoms with Crippen molar-refractivity contribution in [2.75, 3.05) is 12.4 Å². The first-order valence-corrected chi connectivity index (χ1v) is 6.14. The van der Waals surface area contributed by atoms with Crippen LogP contribution in [0.4, 0.5) is 10.5 Å². The molecule has 1 heterocycles. The quantitative estimate of drug-likeness (QED) is 0.893. The molecule has 1 aromatic heterocycles. The molecule has 0 unspecified atom stereocenters. The number of nitrogens with one attached hydrogen (secondary N) is 2. The lowest BCUT2D eigenvalue weighted by Gasteiger charge is -2.08. The number of benzene rings is 1. The summed E-state index contributed by atoms with van der Waals surface area (Å²) < 4.78 is 5.05. The van der Waals surface area contributed by atoms with Gasteiger partial charge in [0.2, 0.25) is 0 Å². The van der Waals surface area contributed by atoms with E-state index in [4.69, 9.17) is 4.74 Å². The van der Waals surface area contributed by atoms with Crippen LogP contribution in [-0.4, -0.2) is 23.1 Å². The standard InChI is InChI=1S/C14H16N4O2/c1-10-7-12(17-9-16-10)8-15-14(19)18-11-3-5-13(20-2)6-4-11/h3-7,9H,8H2,1-2H3,(H2,15,18,19). The van der Waals surface area contributed by atoms with E-state index in [0.717, 1.165) is 17.1 Å². The number of aromatic nitrogens is 2. The van der Waals surface area contributed by atoms with Crippen LogP contribution in [0.3, 0.4) is 0 Å². The minimum atomic E-state index is -0.286. The third-order valence-corrected chi connectivity index (χ3v) is 2.64. The van der Waals surface area contributed by atoms with Crippen LogP contribution in [0.15, 0.2) is 36.7 Å².